The van der Waals surface area contributed by atoms with Crippen molar-refractivity contribution in [2.24, 2.45) is 0 Å². The van der Waals surface area contributed by atoms with Gasteiger partial charge in [0.25, 0.3) is 0 Å². The molecule has 302 valence electrons. The van der Waals surface area contributed by atoms with Gasteiger partial charge in [0.1, 0.15) is 22.3 Å². The average molecular weight is 821 g/mol. The number of hydrogen-bond donors (Lipinski definition) is 0. The molecular formula is C60H40N2O2. The van der Waals surface area contributed by atoms with Crippen LogP contribution in [0, 0.1) is 0 Å². The smallest absolute Gasteiger partial charge is 0.135 e. The first-order valence-corrected chi connectivity index (χ1v) is 21.6. The molecule has 2 heterocycles. The monoisotopic (exact) mass is 820 g/mol. The Kier molecular flexibility index (Phi) is 9.12. The topological polar surface area (TPSA) is 32.8 Å². The van der Waals surface area contributed by atoms with Crippen LogP contribution in [0.15, 0.2) is 251 Å². The summed E-state index contributed by atoms with van der Waals surface area (Å²) >= 11 is 0. The lowest BCUT2D eigenvalue weighted by molar-refractivity contribution is 0.668. The van der Waals surface area contributed by atoms with Crippen LogP contribution >= 0.6 is 0 Å². The second kappa shape index (κ2) is 15.7. The standard InChI is InChI=1S/C60H40N2O2/c1-4-15-41(16-5-1)44-35-45(42-27-29-49(30-28-42)61(47-18-6-2-7-19-47)51-31-33-59-55(39-51)53-23-10-12-25-57(53)63-59)37-46(36-44)43-17-14-22-50(38-43)62(48-20-8-3-9-21-48)52-32-34-60-56(40-52)54-24-11-13-26-58(54)64-60/h1-40H. The summed E-state index contributed by atoms with van der Waals surface area (Å²) in [4.78, 5) is 4.64. The van der Waals surface area contributed by atoms with Gasteiger partial charge >= 0.3 is 0 Å². The van der Waals surface area contributed by atoms with Crippen LogP contribution in [0.1, 0.15) is 0 Å². The van der Waals surface area contributed by atoms with Gasteiger partial charge in [-0.25, -0.2) is 0 Å². The molecule has 0 unspecified atom stereocenters. The predicted molar refractivity (Wildman–Crippen MR) is 267 cm³/mol. The summed E-state index contributed by atoms with van der Waals surface area (Å²) in [5.41, 5.74) is 16.8. The zero-order chi connectivity index (χ0) is 42.4. The van der Waals surface area contributed by atoms with E-state index in [0.717, 1.165) is 106 Å². The lowest BCUT2D eigenvalue weighted by Gasteiger charge is -2.26. The SMILES string of the molecule is c1ccc(-c2cc(-c3ccc(N(c4ccccc4)c4ccc5oc6ccccc6c5c4)cc3)cc(-c3cccc(N(c4ccccc4)c4ccc5oc6ccccc6c5c4)c3)c2)cc1. The number of anilines is 6. The zero-order valence-electron chi connectivity index (χ0n) is 34.8. The Balaban J connectivity index is 0.954. The average Bonchev–Trinajstić information content (AvgIpc) is 3.93. The second-order valence-corrected chi connectivity index (χ2v) is 16.2. The summed E-state index contributed by atoms with van der Waals surface area (Å²) in [6, 6.07) is 86.0. The van der Waals surface area contributed by atoms with Crippen LogP contribution in [-0.2, 0) is 0 Å². The van der Waals surface area contributed by atoms with Crippen molar-refractivity contribution < 1.29 is 8.83 Å². The molecule has 0 N–H and O–H groups in total. The maximum Gasteiger partial charge on any atom is 0.135 e. The fraction of sp³-hybridized carbons (Fsp3) is 0. The van der Waals surface area contributed by atoms with E-state index in [1.165, 1.54) is 5.56 Å². The first-order chi connectivity index (χ1) is 31.7. The van der Waals surface area contributed by atoms with Crippen molar-refractivity contribution in [3.63, 3.8) is 0 Å². The Morgan fingerprint density at radius 3 is 1.11 bits per heavy atom. The van der Waals surface area contributed by atoms with Gasteiger partial charge in [-0.1, -0.05) is 127 Å². The second-order valence-electron chi connectivity index (χ2n) is 16.2. The van der Waals surface area contributed by atoms with E-state index in [4.69, 9.17) is 8.83 Å². The van der Waals surface area contributed by atoms with Crippen LogP contribution in [0.2, 0.25) is 0 Å². The summed E-state index contributed by atoms with van der Waals surface area (Å²) in [7, 11) is 0. The molecule has 64 heavy (non-hydrogen) atoms. The third kappa shape index (κ3) is 6.75. The molecule has 4 nitrogen and oxygen atoms in total. The van der Waals surface area contributed by atoms with E-state index < -0.39 is 0 Å². The highest BCUT2D eigenvalue weighted by atomic mass is 16.3. The Labute approximate surface area is 371 Å². The molecule has 0 amide bonds. The maximum absolute atomic E-state index is 6.23. The minimum atomic E-state index is 0.877. The molecule has 12 rings (SSSR count). The van der Waals surface area contributed by atoms with E-state index in [1.54, 1.807) is 0 Å². The van der Waals surface area contributed by atoms with Crippen molar-refractivity contribution in [1.82, 2.24) is 0 Å². The first-order valence-electron chi connectivity index (χ1n) is 21.6. The van der Waals surface area contributed by atoms with Gasteiger partial charge in [0.05, 0.1) is 0 Å². The molecule has 4 heteroatoms. The molecule has 0 radical (unpaired) electrons. The van der Waals surface area contributed by atoms with Gasteiger partial charge in [-0.2, -0.15) is 0 Å². The Hall–Kier alpha value is -8.60. The Morgan fingerprint density at radius 2 is 0.562 bits per heavy atom. The number of rotatable bonds is 9. The van der Waals surface area contributed by atoms with Crippen LogP contribution in [0.5, 0.6) is 0 Å². The normalized spacial score (nSPS) is 11.4. The van der Waals surface area contributed by atoms with Gasteiger partial charge < -0.3 is 18.6 Å². The minimum Gasteiger partial charge on any atom is -0.456 e. The summed E-state index contributed by atoms with van der Waals surface area (Å²) in [5.74, 6) is 0. The van der Waals surface area contributed by atoms with Crippen molar-refractivity contribution in [2.45, 2.75) is 0 Å². The molecule has 0 saturated carbocycles. The van der Waals surface area contributed by atoms with Crippen LogP contribution in [0.4, 0.5) is 34.1 Å². The van der Waals surface area contributed by atoms with Crippen molar-refractivity contribution in [1.29, 1.82) is 0 Å². The van der Waals surface area contributed by atoms with Crippen molar-refractivity contribution >= 4 is 78.0 Å². The molecule has 0 fully saturated rings. The molecule has 0 bridgehead atoms. The molecule has 0 aliphatic heterocycles. The van der Waals surface area contributed by atoms with Gasteiger partial charge in [0, 0.05) is 55.7 Å². The highest BCUT2D eigenvalue weighted by Gasteiger charge is 2.19. The largest absolute Gasteiger partial charge is 0.456 e. The maximum atomic E-state index is 6.23. The third-order valence-electron chi connectivity index (χ3n) is 12.2. The van der Waals surface area contributed by atoms with Gasteiger partial charge in [-0.15, -0.1) is 0 Å². The summed E-state index contributed by atoms with van der Waals surface area (Å²) in [6.45, 7) is 0. The predicted octanol–water partition coefficient (Wildman–Crippen LogP) is 17.4. The third-order valence-corrected chi connectivity index (χ3v) is 12.2. The number of fused-ring (bicyclic) bond motifs is 6. The van der Waals surface area contributed by atoms with Gasteiger partial charge in [0.15, 0.2) is 0 Å². The molecule has 0 atom stereocenters. The highest BCUT2D eigenvalue weighted by molar-refractivity contribution is 6.07. The lowest BCUT2D eigenvalue weighted by Crippen LogP contribution is -2.09. The van der Waals surface area contributed by atoms with E-state index in [-0.39, 0.29) is 0 Å². The van der Waals surface area contributed by atoms with E-state index in [2.05, 4.69) is 228 Å². The van der Waals surface area contributed by atoms with Crippen LogP contribution < -0.4 is 9.80 Å². The van der Waals surface area contributed by atoms with Crippen molar-refractivity contribution in [3.8, 4) is 33.4 Å². The molecule has 0 aliphatic carbocycles. The number of furan rings is 2. The minimum absolute atomic E-state index is 0.877. The van der Waals surface area contributed by atoms with Crippen LogP contribution in [-0.4, -0.2) is 0 Å². The molecule has 0 saturated heterocycles. The zero-order valence-corrected chi connectivity index (χ0v) is 34.8. The fourth-order valence-corrected chi connectivity index (χ4v) is 9.14. The van der Waals surface area contributed by atoms with Gasteiger partial charge in [-0.3, -0.25) is 0 Å². The first kappa shape index (κ1) is 37.2. The number of para-hydroxylation sites is 4. The van der Waals surface area contributed by atoms with E-state index >= 15 is 0 Å². The quantitative estimate of drug-likeness (QED) is 0.145. The van der Waals surface area contributed by atoms with Crippen LogP contribution in [0.3, 0.4) is 0 Å². The van der Waals surface area contributed by atoms with E-state index in [0.29, 0.717) is 0 Å². The summed E-state index contributed by atoms with van der Waals surface area (Å²) in [5, 5.41) is 4.41. The molecule has 0 aliphatic rings. The Morgan fingerprint density at radius 1 is 0.203 bits per heavy atom. The highest BCUT2D eigenvalue weighted by Crippen LogP contribution is 2.43. The summed E-state index contributed by atoms with van der Waals surface area (Å²) in [6.07, 6.45) is 0. The van der Waals surface area contributed by atoms with E-state index in [9.17, 15) is 0 Å². The Bertz CT molecular complexity index is 3610. The molecule has 0 spiro atoms. The number of benzene rings is 10. The molecule has 10 aromatic carbocycles. The van der Waals surface area contributed by atoms with Crippen molar-refractivity contribution in [2.75, 3.05) is 9.80 Å². The van der Waals surface area contributed by atoms with Gasteiger partial charge in [-0.05, 0) is 149 Å². The summed E-state index contributed by atoms with van der Waals surface area (Å²) < 4.78 is 12.4. The van der Waals surface area contributed by atoms with E-state index in [1.807, 2.05) is 24.3 Å². The fourth-order valence-electron chi connectivity index (χ4n) is 9.14. The molecule has 2 aromatic heterocycles. The molecular weight excluding hydrogens is 781 g/mol. The van der Waals surface area contributed by atoms with Gasteiger partial charge in [0.2, 0.25) is 0 Å². The molecule has 12 aromatic rings. The lowest BCUT2D eigenvalue weighted by atomic mass is 9.93. The van der Waals surface area contributed by atoms with Crippen LogP contribution in [0.25, 0.3) is 77.3 Å². The number of hydrogen-bond acceptors (Lipinski definition) is 4. The van der Waals surface area contributed by atoms with Crippen molar-refractivity contribution in [3.05, 3.63) is 243 Å². The number of nitrogens with zero attached hydrogens (tertiary/aromatic N) is 2.